The summed E-state index contributed by atoms with van der Waals surface area (Å²) >= 11 is 5.70. The fourth-order valence-corrected chi connectivity index (χ4v) is 5.12. The van der Waals surface area contributed by atoms with Crippen molar-refractivity contribution in [1.82, 2.24) is 5.32 Å². The summed E-state index contributed by atoms with van der Waals surface area (Å²) in [5, 5.41) is 3.73. The van der Waals surface area contributed by atoms with E-state index in [4.69, 9.17) is 0 Å². The smallest absolute Gasteiger partial charge is 0.0454 e. The number of thiophene rings is 1. The topological polar surface area (TPSA) is 12.0 Å². The first-order valence-corrected chi connectivity index (χ1v) is 8.82. The molecule has 1 N–H and O–H groups in total. The third-order valence-electron chi connectivity index (χ3n) is 3.91. The second-order valence-corrected chi connectivity index (χ2v) is 7.50. The van der Waals surface area contributed by atoms with Gasteiger partial charge in [-0.2, -0.15) is 0 Å². The van der Waals surface area contributed by atoms with E-state index >= 15 is 0 Å². The first-order chi connectivity index (χ1) is 8.72. The molecule has 1 atom stereocenters. The molecule has 1 heterocycles. The molecule has 1 saturated carbocycles. The molecule has 102 valence electrons. The van der Waals surface area contributed by atoms with Crippen molar-refractivity contribution in [3.8, 4) is 0 Å². The van der Waals surface area contributed by atoms with Gasteiger partial charge in [-0.1, -0.05) is 32.6 Å². The number of aryl methyl sites for hydroxylation is 1. The molecule has 1 aromatic rings. The first-order valence-electron chi connectivity index (χ1n) is 7.21. The van der Waals surface area contributed by atoms with Crippen LogP contribution in [-0.4, -0.2) is 6.54 Å². The zero-order valence-electron chi connectivity index (χ0n) is 11.5. The lowest BCUT2D eigenvalue weighted by molar-refractivity contribution is 0.333. The summed E-state index contributed by atoms with van der Waals surface area (Å²) in [7, 11) is 0. The monoisotopic (exact) mass is 329 g/mol. The highest BCUT2D eigenvalue weighted by atomic mass is 79.9. The van der Waals surface area contributed by atoms with E-state index in [1.807, 2.05) is 11.3 Å². The fourth-order valence-electron chi connectivity index (χ4n) is 3.05. The molecule has 1 fully saturated rings. The lowest BCUT2D eigenvalue weighted by atomic mass is 9.91. The highest BCUT2D eigenvalue weighted by Gasteiger charge is 2.26. The van der Waals surface area contributed by atoms with Gasteiger partial charge in [-0.15, -0.1) is 11.3 Å². The van der Waals surface area contributed by atoms with Gasteiger partial charge in [-0.05, 0) is 54.2 Å². The molecule has 0 amide bonds. The van der Waals surface area contributed by atoms with Crippen molar-refractivity contribution in [2.24, 2.45) is 5.92 Å². The number of hydrogen-bond donors (Lipinski definition) is 1. The minimum Gasteiger partial charge on any atom is -0.309 e. The summed E-state index contributed by atoms with van der Waals surface area (Å²) in [6.07, 6.45) is 8.46. The van der Waals surface area contributed by atoms with Crippen LogP contribution in [0.1, 0.15) is 61.2 Å². The van der Waals surface area contributed by atoms with E-state index in [0.29, 0.717) is 6.04 Å². The maximum Gasteiger partial charge on any atom is 0.0454 e. The minimum atomic E-state index is 0.557. The second-order valence-electron chi connectivity index (χ2n) is 5.36. The van der Waals surface area contributed by atoms with Crippen LogP contribution in [0.3, 0.4) is 0 Å². The van der Waals surface area contributed by atoms with Crippen LogP contribution in [0.2, 0.25) is 0 Å². The maximum absolute atomic E-state index is 3.74. The van der Waals surface area contributed by atoms with Crippen molar-refractivity contribution in [1.29, 1.82) is 0 Å². The van der Waals surface area contributed by atoms with Gasteiger partial charge in [-0.3, -0.25) is 0 Å². The Hall–Kier alpha value is 0.140. The summed E-state index contributed by atoms with van der Waals surface area (Å²) in [5.41, 5.74) is 0. The summed E-state index contributed by atoms with van der Waals surface area (Å²) < 4.78 is 1.31. The van der Waals surface area contributed by atoms with Crippen molar-refractivity contribution in [3.05, 3.63) is 20.3 Å². The van der Waals surface area contributed by atoms with Gasteiger partial charge in [0.25, 0.3) is 0 Å². The molecule has 0 radical (unpaired) electrons. The Labute approximate surface area is 123 Å². The quantitative estimate of drug-likeness (QED) is 0.725. The summed E-state index contributed by atoms with van der Waals surface area (Å²) in [6, 6.07) is 2.82. The minimum absolute atomic E-state index is 0.557. The van der Waals surface area contributed by atoms with Crippen molar-refractivity contribution < 1.29 is 0 Å². The number of rotatable bonds is 4. The van der Waals surface area contributed by atoms with Crippen molar-refractivity contribution >= 4 is 27.3 Å². The zero-order valence-corrected chi connectivity index (χ0v) is 13.9. The van der Waals surface area contributed by atoms with Gasteiger partial charge in [0.15, 0.2) is 0 Å². The van der Waals surface area contributed by atoms with Crippen LogP contribution in [0.4, 0.5) is 0 Å². The van der Waals surface area contributed by atoms with E-state index in [9.17, 15) is 0 Å². The van der Waals surface area contributed by atoms with Crippen molar-refractivity contribution in [2.75, 3.05) is 6.54 Å². The Bertz CT molecular complexity index is 367. The third-order valence-corrected chi connectivity index (χ3v) is 5.97. The average molecular weight is 330 g/mol. The molecule has 0 spiro atoms. The molecule has 18 heavy (non-hydrogen) atoms. The van der Waals surface area contributed by atoms with E-state index in [2.05, 4.69) is 41.2 Å². The molecule has 1 aromatic heterocycles. The van der Waals surface area contributed by atoms with Crippen LogP contribution in [0.15, 0.2) is 10.5 Å². The molecule has 0 aromatic carbocycles. The van der Waals surface area contributed by atoms with E-state index < -0.39 is 0 Å². The fraction of sp³-hybridized carbons (Fsp3) is 0.733. The zero-order chi connectivity index (χ0) is 13.0. The summed E-state index contributed by atoms with van der Waals surface area (Å²) in [6.45, 7) is 5.48. The van der Waals surface area contributed by atoms with Gasteiger partial charge in [0, 0.05) is 20.3 Å². The Kier molecular flexibility index (Phi) is 5.71. The second kappa shape index (κ2) is 7.06. The molecule has 2 rings (SSSR count). The lowest BCUT2D eigenvalue weighted by Gasteiger charge is -2.26. The van der Waals surface area contributed by atoms with Crippen LogP contribution in [0.5, 0.6) is 0 Å². The molecule has 1 aliphatic carbocycles. The van der Waals surface area contributed by atoms with Gasteiger partial charge >= 0.3 is 0 Å². The Morgan fingerprint density at radius 1 is 1.33 bits per heavy atom. The Morgan fingerprint density at radius 2 is 2.00 bits per heavy atom. The molecule has 0 aliphatic heterocycles. The van der Waals surface area contributed by atoms with Gasteiger partial charge in [0.1, 0.15) is 0 Å². The Morgan fingerprint density at radius 3 is 2.50 bits per heavy atom. The SMILES string of the molecule is CCNC(c1sc(C)cc1Br)C1CCCCCC1. The van der Waals surface area contributed by atoms with Crippen LogP contribution in [0, 0.1) is 12.8 Å². The van der Waals surface area contributed by atoms with E-state index in [1.165, 1.54) is 52.8 Å². The molecule has 1 nitrogen and oxygen atoms in total. The van der Waals surface area contributed by atoms with E-state index in [1.54, 1.807) is 0 Å². The molecule has 0 bridgehead atoms. The lowest BCUT2D eigenvalue weighted by Crippen LogP contribution is -2.27. The molecular weight excluding hydrogens is 306 g/mol. The normalized spacial score (nSPS) is 19.7. The largest absolute Gasteiger partial charge is 0.309 e. The van der Waals surface area contributed by atoms with E-state index in [0.717, 1.165) is 12.5 Å². The van der Waals surface area contributed by atoms with E-state index in [-0.39, 0.29) is 0 Å². The predicted molar refractivity (Wildman–Crippen MR) is 84.4 cm³/mol. The van der Waals surface area contributed by atoms with Gasteiger partial charge < -0.3 is 5.32 Å². The maximum atomic E-state index is 3.74. The van der Waals surface area contributed by atoms with Crippen LogP contribution < -0.4 is 5.32 Å². The molecular formula is C15H24BrNS. The molecule has 0 saturated heterocycles. The van der Waals surface area contributed by atoms with Gasteiger partial charge in [0.05, 0.1) is 0 Å². The molecule has 1 aliphatic rings. The third kappa shape index (κ3) is 3.58. The van der Waals surface area contributed by atoms with Gasteiger partial charge in [-0.25, -0.2) is 0 Å². The van der Waals surface area contributed by atoms with Crippen LogP contribution >= 0.6 is 27.3 Å². The number of hydrogen-bond acceptors (Lipinski definition) is 2. The average Bonchev–Trinajstić information content (AvgIpc) is 2.58. The molecule has 3 heteroatoms. The first kappa shape index (κ1) is 14.5. The Balaban J connectivity index is 2.18. The van der Waals surface area contributed by atoms with Crippen molar-refractivity contribution in [2.45, 2.75) is 58.4 Å². The standard InChI is InChI=1S/C15H24BrNS/c1-3-17-14(12-8-6-4-5-7-9-12)15-13(16)10-11(2)18-15/h10,12,14,17H,3-9H2,1-2H3. The van der Waals surface area contributed by atoms with Crippen molar-refractivity contribution in [3.63, 3.8) is 0 Å². The predicted octanol–water partition coefficient (Wildman–Crippen LogP) is 5.44. The summed E-state index contributed by atoms with van der Waals surface area (Å²) in [5.74, 6) is 0.821. The number of halogens is 1. The molecule has 1 unspecified atom stereocenters. The highest BCUT2D eigenvalue weighted by Crippen LogP contribution is 2.40. The van der Waals surface area contributed by atoms with Crippen LogP contribution in [0.25, 0.3) is 0 Å². The summed E-state index contributed by atoms with van der Waals surface area (Å²) in [4.78, 5) is 2.93. The van der Waals surface area contributed by atoms with Gasteiger partial charge in [0.2, 0.25) is 0 Å². The van der Waals surface area contributed by atoms with Crippen LogP contribution in [-0.2, 0) is 0 Å². The highest BCUT2D eigenvalue weighted by molar-refractivity contribution is 9.10. The number of nitrogens with one attached hydrogen (secondary N) is 1.